The summed E-state index contributed by atoms with van der Waals surface area (Å²) >= 11 is 0. The number of carbonyl (C=O) groups is 2. The number of rotatable bonds is 5. The van der Waals surface area contributed by atoms with Gasteiger partial charge in [-0.25, -0.2) is 14.0 Å². The van der Waals surface area contributed by atoms with Crippen molar-refractivity contribution in [3.63, 3.8) is 0 Å². The maximum Gasteiger partial charge on any atom is 0.338 e. The maximum atomic E-state index is 13.2. The van der Waals surface area contributed by atoms with E-state index in [1.54, 1.807) is 13.8 Å². The van der Waals surface area contributed by atoms with Crippen LogP contribution in [0.1, 0.15) is 24.2 Å². The largest absolute Gasteiger partial charge is 0.478 e. The van der Waals surface area contributed by atoms with E-state index in [-0.39, 0.29) is 5.69 Å². The molecule has 1 aromatic carbocycles. The number of amides is 2. The molecule has 3 N–H and O–H groups in total. The van der Waals surface area contributed by atoms with Crippen molar-refractivity contribution in [1.29, 1.82) is 0 Å². The van der Waals surface area contributed by atoms with Gasteiger partial charge in [0.15, 0.2) is 0 Å². The van der Waals surface area contributed by atoms with Crippen LogP contribution >= 0.6 is 0 Å². The zero-order chi connectivity index (χ0) is 15.3. The minimum Gasteiger partial charge on any atom is -0.478 e. The van der Waals surface area contributed by atoms with E-state index in [0.717, 1.165) is 12.1 Å². The van der Waals surface area contributed by atoms with E-state index in [0.29, 0.717) is 6.61 Å². The Balaban J connectivity index is 2.76. The molecule has 0 atom stereocenters. The van der Waals surface area contributed by atoms with E-state index in [1.165, 1.54) is 13.2 Å². The first-order valence-electron chi connectivity index (χ1n) is 5.86. The summed E-state index contributed by atoms with van der Waals surface area (Å²) in [5.74, 6) is -2.26. The Labute approximate surface area is 115 Å². The Morgan fingerprint density at radius 3 is 2.60 bits per heavy atom. The van der Waals surface area contributed by atoms with Crippen molar-refractivity contribution in [2.45, 2.75) is 19.4 Å². The van der Waals surface area contributed by atoms with Gasteiger partial charge < -0.3 is 20.5 Å². The van der Waals surface area contributed by atoms with Crippen LogP contribution in [0.3, 0.4) is 0 Å². The molecule has 0 radical (unpaired) electrons. The van der Waals surface area contributed by atoms with Crippen LogP contribution in [0.25, 0.3) is 0 Å². The molecule has 0 heterocycles. The number of halogens is 1. The molecule has 110 valence electrons. The molecule has 0 aliphatic heterocycles. The monoisotopic (exact) mass is 284 g/mol. The van der Waals surface area contributed by atoms with Crippen molar-refractivity contribution in [1.82, 2.24) is 5.32 Å². The van der Waals surface area contributed by atoms with E-state index in [4.69, 9.17) is 9.84 Å². The molecule has 6 nitrogen and oxygen atoms in total. The van der Waals surface area contributed by atoms with Crippen molar-refractivity contribution < 1.29 is 23.8 Å². The predicted molar refractivity (Wildman–Crippen MR) is 71.5 cm³/mol. The van der Waals surface area contributed by atoms with Gasteiger partial charge in [0.2, 0.25) is 0 Å². The summed E-state index contributed by atoms with van der Waals surface area (Å²) in [7, 11) is 1.51. The fourth-order valence-electron chi connectivity index (χ4n) is 1.63. The quantitative estimate of drug-likeness (QED) is 0.772. The van der Waals surface area contributed by atoms with Crippen molar-refractivity contribution in [3.05, 3.63) is 29.6 Å². The number of aromatic carboxylic acids is 1. The lowest BCUT2D eigenvalue weighted by molar-refractivity contribution is 0.0692. The molecule has 0 spiro atoms. The molecule has 0 aliphatic carbocycles. The average Bonchev–Trinajstić information content (AvgIpc) is 2.30. The molecule has 0 saturated heterocycles. The number of methoxy groups -OCH3 is 1. The van der Waals surface area contributed by atoms with Gasteiger partial charge in [-0.2, -0.15) is 0 Å². The smallest absolute Gasteiger partial charge is 0.338 e. The highest BCUT2D eigenvalue weighted by Crippen LogP contribution is 2.15. The first kappa shape index (κ1) is 15.9. The van der Waals surface area contributed by atoms with Crippen LogP contribution in [0.15, 0.2) is 18.2 Å². The Morgan fingerprint density at radius 2 is 2.05 bits per heavy atom. The summed E-state index contributed by atoms with van der Waals surface area (Å²) in [6.07, 6.45) is 0. The van der Waals surface area contributed by atoms with Crippen LogP contribution in [0.4, 0.5) is 14.9 Å². The van der Waals surface area contributed by atoms with Gasteiger partial charge in [0.25, 0.3) is 0 Å². The molecule has 0 bridgehead atoms. The third-order valence-electron chi connectivity index (χ3n) is 2.41. The lowest BCUT2D eigenvalue weighted by Crippen LogP contribution is -2.48. The van der Waals surface area contributed by atoms with Gasteiger partial charge in [-0.3, -0.25) is 0 Å². The number of benzene rings is 1. The second-order valence-electron chi connectivity index (χ2n) is 4.90. The number of carbonyl (C=O) groups excluding carboxylic acids is 1. The zero-order valence-corrected chi connectivity index (χ0v) is 11.5. The summed E-state index contributed by atoms with van der Waals surface area (Å²) in [4.78, 5) is 22.5. The van der Waals surface area contributed by atoms with Crippen LogP contribution in [-0.4, -0.2) is 36.4 Å². The third-order valence-corrected chi connectivity index (χ3v) is 2.41. The van der Waals surface area contributed by atoms with Crippen LogP contribution in [-0.2, 0) is 4.74 Å². The second kappa shape index (κ2) is 6.33. The Kier molecular flexibility index (Phi) is 5.04. The molecule has 0 saturated carbocycles. The predicted octanol–water partition coefficient (Wildman–Crippen LogP) is 2.07. The molecule has 0 aromatic heterocycles. The van der Waals surface area contributed by atoms with E-state index in [1.807, 2.05) is 0 Å². The SMILES string of the molecule is COCC(C)(C)NC(=O)Nc1ccc(F)c(C(=O)O)c1. The molecule has 7 heteroatoms. The van der Waals surface area contributed by atoms with Crippen molar-refractivity contribution in [2.75, 3.05) is 19.0 Å². The standard InChI is InChI=1S/C13H17FN2O4/c1-13(2,7-20-3)16-12(19)15-8-4-5-10(14)9(6-8)11(17)18/h4-6H,7H2,1-3H3,(H,17,18)(H2,15,16,19). The second-order valence-corrected chi connectivity index (χ2v) is 4.90. The van der Waals surface area contributed by atoms with Gasteiger partial charge in [-0.1, -0.05) is 0 Å². The maximum absolute atomic E-state index is 13.2. The number of urea groups is 1. The number of nitrogens with one attached hydrogen (secondary N) is 2. The number of hydrogen-bond acceptors (Lipinski definition) is 3. The topological polar surface area (TPSA) is 87.7 Å². The Hall–Kier alpha value is -2.15. The highest BCUT2D eigenvalue weighted by atomic mass is 19.1. The highest BCUT2D eigenvalue weighted by Gasteiger charge is 2.20. The lowest BCUT2D eigenvalue weighted by atomic mass is 10.1. The number of carboxylic acids is 1. The summed E-state index contributed by atoms with van der Waals surface area (Å²) in [6.45, 7) is 3.84. The summed E-state index contributed by atoms with van der Waals surface area (Å²) in [5, 5.41) is 13.9. The van der Waals surface area contributed by atoms with Gasteiger partial charge in [0.1, 0.15) is 5.82 Å². The van der Waals surface area contributed by atoms with Gasteiger partial charge >= 0.3 is 12.0 Å². The Morgan fingerprint density at radius 1 is 1.40 bits per heavy atom. The van der Waals surface area contributed by atoms with Crippen LogP contribution in [0.5, 0.6) is 0 Å². The molecule has 1 aromatic rings. The molecule has 1 rings (SSSR count). The molecule has 0 fully saturated rings. The highest BCUT2D eigenvalue weighted by molar-refractivity contribution is 5.93. The van der Waals surface area contributed by atoms with Gasteiger partial charge in [0, 0.05) is 12.8 Å². The van der Waals surface area contributed by atoms with Crippen LogP contribution < -0.4 is 10.6 Å². The van der Waals surface area contributed by atoms with Crippen LogP contribution in [0.2, 0.25) is 0 Å². The van der Waals surface area contributed by atoms with Crippen molar-refractivity contribution >= 4 is 17.7 Å². The van der Waals surface area contributed by atoms with Crippen molar-refractivity contribution in [3.8, 4) is 0 Å². The van der Waals surface area contributed by atoms with Gasteiger partial charge in [-0.15, -0.1) is 0 Å². The van der Waals surface area contributed by atoms with E-state index in [2.05, 4.69) is 10.6 Å². The van der Waals surface area contributed by atoms with E-state index < -0.39 is 28.9 Å². The fraction of sp³-hybridized carbons (Fsp3) is 0.385. The van der Waals surface area contributed by atoms with Crippen LogP contribution in [0, 0.1) is 5.82 Å². The number of hydrogen-bond donors (Lipinski definition) is 3. The zero-order valence-electron chi connectivity index (χ0n) is 11.5. The molecule has 2 amide bonds. The minimum atomic E-state index is -1.40. The molecule has 20 heavy (non-hydrogen) atoms. The van der Waals surface area contributed by atoms with Gasteiger partial charge in [0.05, 0.1) is 17.7 Å². The summed E-state index contributed by atoms with van der Waals surface area (Å²) < 4.78 is 18.2. The first-order chi connectivity index (χ1) is 9.25. The van der Waals surface area contributed by atoms with Gasteiger partial charge in [-0.05, 0) is 32.0 Å². The Bertz CT molecular complexity index is 517. The lowest BCUT2D eigenvalue weighted by Gasteiger charge is -2.25. The average molecular weight is 284 g/mol. The first-order valence-corrected chi connectivity index (χ1v) is 5.86. The molecule has 0 aliphatic rings. The summed E-state index contributed by atoms with van der Waals surface area (Å²) in [5.41, 5.74) is -0.900. The fourth-order valence-corrected chi connectivity index (χ4v) is 1.63. The van der Waals surface area contributed by atoms with Crippen molar-refractivity contribution in [2.24, 2.45) is 0 Å². The minimum absolute atomic E-state index is 0.189. The number of anilines is 1. The normalized spacial score (nSPS) is 11.0. The number of carboxylic acid groups (broad SMARTS) is 1. The molecule has 0 unspecified atom stereocenters. The van der Waals surface area contributed by atoms with E-state index in [9.17, 15) is 14.0 Å². The molecular weight excluding hydrogens is 267 g/mol. The molecular formula is C13H17FN2O4. The third kappa shape index (κ3) is 4.51. The summed E-state index contributed by atoms with van der Waals surface area (Å²) in [6, 6.07) is 2.79. The van der Waals surface area contributed by atoms with E-state index >= 15 is 0 Å². The number of ether oxygens (including phenoxy) is 1.